The molecule has 0 aliphatic heterocycles. The Morgan fingerprint density at radius 3 is 2.26 bits per heavy atom. The molecule has 1 N–H and O–H groups in total. The Kier molecular flexibility index (Phi) is 4.53. The van der Waals surface area contributed by atoms with E-state index in [1.165, 1.54) is 5.56 Å². The van der Waals surface area contributed by atoms with Gasteiger partial charge in [-0.1, -0.05) is 12.1 Å². The zero-order chi connectivity index (χ0) is 13.7. The van der Waals surface area contributed by atoms with Gasteiger partial charge >= 0.3 is 0 Å². The molecule has 0 aliphatic rings. The zero-order valence-corrected chi connectivity index (χ0v) is 11.4. The van der Waals surface area contributed by atoms with Crippen molar-refractivity contribution in [1.82, 2.24) is 4.98 Å². The van der Waals surface area contributed by atoms with Gasteiger partial charge in [-0.2, -0.15) is 0 Å². The molecule has 3 heteroatoms. The largest absolute Gasteiger partial charge is 0.493 e. The van der Waals surface area contributed by atoms with E-state index < -0.39 is 0 Å². The summed E-state index contributed by atoms with van der Waals surface area (Å²) in [5.41, 5.74) is 4.28. The van der Waals surface area contributed by atoms with Gasteiger partial charge in [0.15, 0.2) is 0 Å². The molecule has 2 aromatic rings. The summed E-state index contributed by atoms with van der Waals surface area (Å²) in [4.78, 5) is 3.99. The van der Waals surface area contributed by atoms with Crippen LogP contribution in [0.15, 0.2) is 36.7 Å². The fraction of sp³-hybridized carbons (Fsp3) is 0.312. The lowest BCUT2D eigenvalue weighted by Gasteiger charge is -2.13. The number of aromatic nitrogens is 1. The predicted octanol–water partition coefficient (Wildman–Crippen LogP) is 2.81. The lowest BCUT2D eigenvalue weighted by atomic mass is 10.1. The van der Waals surface area contributed by atoms with Crippen molar-refractivity contribution in [3.05, 3.63) is 58.9 Å². The van der Waals surface area contributed by atoms with E-state index in [1.807, 2.05) is 38.1 Å². The van der Waals surface area contributed by atoms with Gasteiger partial charge in [-0.25, -0.2) is 0 Å². The number of ether oxygens (including phenoxy) is 1. The first-order valence-electron chi connectivity index (χ1n) is 6.43. The fourth-order valence-electron chi connectivity index (χ4n) is 2.18. The Labute approximate surface area is 113 Å². The highest BCUT2D eigenvalue weighted by Crippen LogP contribution is 2.25. The SMILES string of the molecule is Cc1cc(CO)cc(C)c1OCCc1ccncc1. The minimum absolute atomic E-state index is 0.0684. The molecule has 0 aliphatic carbocycles. The Morgan fingerprint density at radius 2 is 1.68 bits per heavy atom. The first-order chi connectivity index (χ1) is 9.20. The lowest BCUT2D eigenvalue weighted by Crippen LogP contribution is -2.04. The van der Waals surface area contributed by atoms with Crippen LogP contribution in [-0.2, 0) is 13.0 Å². The van der Waals surface area contributed by atoms with E-state index >= 15 is 0 Å². The summed E-state index contributed by atoms with van der Waals surface area (Å²) in [6.07, 6.45) is 4.45. The quantitative estimate of drug-likeness (QED) is 0.895. The third kappa shape index (κ3) is 3.55. The average molecular weight is 257 g/mol. The van der Waals surface area contributed by atoms with E-state index in [1.54, 1.807) is 12.4 Å². The summed E-state index contributed by atoms with van der Waals surface area (Å²) in [5, 5.41) is 9.16. The maximum absolute atomic E-state index is 9.16. The van der Waals surface area contributed by atoms with Crippen LogP contribution in [0.4, 0.5) is 0 Å². The van der Waals surface area contributed by atoms with Gasteiger partial charge in [-0.3, -0.25) is 4.98 Å². The Bertz CT molecular complexity index is 515. The lowest BCUT2D eigenvalue weighted by molar-refractivity contribution is 0.280. The summed E-state index contributed by atoms with van der Waals surface area (Å²) in [6.45, 7) is 4.73. The number of aliphatic hydroxyl groups excluding tert-OH is 1. The van der Waals surface area contributed by atoms with Crippen molar-refractivity contribution in [2.45, 2.75) is 26.9 Å². The van der Waals surface area contributed by atoms with E-state index in [-0.39, 0.29) is 6.61 Å². The second kappa shape index (κ2) is 6.34. The molecule has 100 valence electrons. The third-order valence-corrected chi connectivity index (χ3v) is 3.09. The minimum Gasteiger partial charge on any atom is -0.493 e. The van der Waals surface area contributed by atoms with Gasteiger partial charge in [0.1, 0.15) is 5.75 Å². The van der Waals surface area contributed by atoms with Crippen molar-refractivity contribution in [2.75, 3.05) is 6.61 Å². The molecular formula is C16H19NO2. The molecule has 0 unspecified atom stereocenters. The van der Waals surface area contributed by atoms with Crippen molar-refractivity contribution < 1.29 is 9.84 Å². The standard InChI is InChI=1S/C16H19NO2/c1-12-9-15(11-18)10-13(2)16(12)19-8-5-14-3-6-17-7-4-14/h3-4,6-7,9-10,18H,5,8,11H2,1-2H3. The second-order valence-electron chi connectivity index (χ2n) is 4.67. The molecule has 0 fully saturated rings. The summed E-state index contributed by atoms with van der Waals surface area (Å²) < 4.78 is 5.87. The van der Waals surface area contributed by atoms with Crippen LogP contribution in [0.1, 0.15) is 22.3 Å². The Morgan fingerprint density at radius 1 is 1.05 bits per heavy atom. The molecule has 0 spiro atoms. The van der Waals surface area contributed by atoms with Crippen LogP contribution in [0.3, 0.4) is 0 Å². The average Bonchev–Trinajstić information content (AvgIpc) is 2.42. The molecular weight excluding hydrogens is 238 g/mol. The van der Waals surface area contributed by atoms with Gasteiger partial charge in [-0.15, -0.1) is 0 Å². The highest BCUT2D eigenvalue weighted by molar-refractivity contribution is 5.43. The molecule has 0 radical (unpaired) electrons. The van der Waals surface area contributed by atoms with Crippen molar-refractivity contribution in [1.29, 1.82) is 0 Å². The third-order valence-electron chi connectivity index (χ3n) is 3.09. The van der Waals surface area contributed by atoms with Gasteiger partial charge in [0.25, 0.3) is 0 Å². The van der Waals surface area contributed by atoms with Gasteiger partial charge in [0, 0.05) is 18.8 Å². The number of benzene rings is 1. The van der Waals surface area contributed by atoms with E-state index in [0.717, 1.165) is 28.9 Å². The normalized spacial score (nSPS) is 10.5. The molecule has 0 bridgehead atoms. The number of aryl methyl sites for hydroxylation is 2. The van der Waals surface area contributed by atoms with Gasteiger partial charge in [0.2, 0.25) is 0 Å². The maximum atomic E-state index is 9.16. The van der Waals surface area contributed by atoms with Crippen LogP contribution in [0.2, 0.25) is 0 Å². The van der Waals surface area contributed by atoms with Crippen LogP contribution in [0, 0.1) is 13.8 Å². The first-order valence-corrected chi connectivity index (χ1v) is 6.43. The molecule has 0 saturated heterocycles. The summed E-state index contributed by atoms with van der Waals surface area (Å²) >= 11 is 0. The number of pyridine rings is 1. The molecule has 2 rings (SSSR count). The topological polar surface area (TPSA) is 42.4 Å². The molecule has 1 heterocycles. The predicted molar refractivity (Wildman–Crippen MR) is 75.3 cm³/mol. The van der Waals surface area contributed by atoms with Crippen LogP contribution in [0.25, 0.3) is 0 Å². The Balaban J connectivity index is 2.00. The Hall–Kier alpha value is -1.87. The highest BCUT2D eigenvalue weighted by Gasteiger charge is 2.06. The zero-order valence-electron chi connectivity index (χ0n) is 11.4. The first kappa shape index (κ1) is 13.6. The highest BCUT2D eigenvalue weighted by atomic mass is 16.5. The van der Waals surface area contributed by atoms with Crippen LogP contribution in [-0.4, -0.2) is 16.7 Å². The molecule has 0 atom stereocenters. The molecule has 0 amide bonds. The van der Waals surface area contributed by atoms with Gasteiger partial charge in [-0.05, 0) is 48.2 Å². The number of nitrogens with zero attached hydrogens (tertiary/aromatic N) is 1. The summed E-state index contributed by atoms with van der Waals surface area (Å²) in [5.74, 6) is 0.922. The molecule has 1 aromatic heterocycles. The van der Waals surface area contributed by atoms with Gasteiger partial charge < -0.3 is 9.84 Å². The van der Waals surface area contributed by atoms with Crippen molar-refractivity contribution in [3.8, 4) is 5.75 Å². The van der Waals surface area contributed by atoms with E-state index in [2.05, 4.69) is 4.98 Å². The van der Waals surface area contributed by atoms with Gasteiger partial charge in [0.05, 0.1) is 13.2 Å². The fourth-order valence-corrected chi connectivity index (χ4v) is 2.18. The van der Waals surface area contributed by atoms with Crippen LogP contribution in [0.5, 0.6) is 5.75 Å². The number of aliphatic hydroxyl groups is 1. The van der Waals surface area contributed by atoms with Crippen molar-refractivity contribution >= 4 is 0 Å². The van der Waals surface area contributed by atoms with E-state index in [0.29, 0.717) is 6.61 Å². The monoisotopic (exact) mass is 257 g/mol. The summed E-state index contributed by atoms with van der Waals surface area (Å²) in [7, 11) is 0. The smallest absolute Gasteiger partial charge is 0.125 e. The summed E-state index contributed by atoms with van der Waals surface area (Å²) in [6, 6.07) is 7.93. The second-order valence-corrected chi connectivity index (χ2v) is 4.67. The number of hydrogen-bond donors (Lipinski definition) is 1. The number of hydrogen-bond acceptors (Lipinski definition) is 3. The maximum Gasteiger partial charge on any atom is 0.125 e. The van der Waals surface area contributed by atoms with Crippen molar-refractivity contribution in [3.63, 3.8) is 0 Å². The minimum atomic E-state index is 0.0684. The number of rotatable bonds is 5. The molecule has 1 aromatic carbocycles. The van der Waals surface area contributed by atoms with E-state index in [9.17, 15) is 0 Å². The van der Waals surface area contributed by atoms with Crippen molar-refractivity contribution in [2.24, 2.45) is 0 Å². The molecule has 19 heavy (non-hydrogen) atoms. The molecule has 0 saturated carbocycles. The van der Waals surface area contributed by atoms with E-state index in [4.69, 9.17) is 9.84 Å². The molecule has 3 nitrogen and oxygen atoms in total. The van der Waals surface area contributed by atoms with Crippen LogP contribution >= 0.6 is 0 Å². The van der Waals surface area contributed by atoms with Crippen LogP contribution < -0.4 is 4.74 Å².